The molecule has 0 unspecified atom stereocenters. The minimum Gasteiger partial charge on any atom is -0.265 e. The zero-order chi connectivity index (χ0) is 16.4. The summed E-state index contributed by atoms with van der Waals surface area (Å²) in [6, 6.07) is 8.46. The Hall–Kier alpha value is -2.29. The predicted octanol–water partition coefficient (Wildman–Crippen LogP) is 4.94. The maximum absolute atomic E-state index is 4.86. The molecule has 23 heavy (non-hydrogen) atoms. The summed E-state index contributed by atoms with van der Waals surface area (Å²) in [6.45, 7) is 8.80. The van der Waals surface area contributed by atoms with Crippen LogP contribution in [0, 0.1) is 0 Å². The van der Waals surface area contributed by atoms with Gasteiger partial charge in [-0.3, -0.25) is 4.98 Å². The number of rotatable bonds is 4. The fraction of sp³-hybridized carbons (Fsp3) is 0.350. The van der Waals surface area contributed by atoms with Gasteiger partial charge in [-0.15, -0.1) is 0 Å². The molecule has 0 aliphatic rings. The van der Waals surface area contributed by atoms with Crippen LogP contribution in [0.4, 0.5) is 0 Å². The zero-order valence-corrected chi connectivity index (χ0v) is 14.3. The largest absolute Gasteiger partial charge is 0.265 e. The number of hydrogen-bond acceptors (Lipinski definition) is 3. The second kappa shape index (κ2) is 6.45. The minimum atomic E-state index is 0.360. The number of benzene rings is 1. The van der Waals surface area contributed by atoms with Gasteiger partial charge < -0.3 is 0 Å². The van der Waals surface area contributed by atoms with E-state index in [1.165, 1.54) is 16.5 Å². The minimum absolute atomic E-state index is 0.360. The summed E-state index contributed by atoms with van der Waals surface area (Å²) in [4.78, 5) is 13.8. The van der Waals surface area contributed by atoms with Gasteiger partial charge in [0.25, 0.3) is 0 Å². The summed E-state index contributed by atoms with van der Waals surface area (Å²) in [5.74, 6) is 1.15. The summed E-state index contributed by atoms with van der Waals surface area (Å²) < 4.78 is 0. The molecule has 0 amide bonds. The molecule has 0 bridgehead atoms. The molecule has 0 fully saturated rings. The number of nitrogens with zero attached hydrogens (tertiary/aromatic N) is 3. The van der Waals surface area contributed by atoms with Gasteiger partial charge in [-0.1, -0.05) is 27.7 Å². The molecule has 3 nitrogen and oxygen atoms in total. The average molecular weight is 305 g/mol. The molecule has 0 atom stereocenters. The number of hydrogen-bond donors (Lipinski definition) is 0. The van der Waals surface area contributed by atoms with E-state index in [1.807, 2.05) is 12.1 Å². The van der Waals surface area contributed by atoms with Gasteiger partial charge in [0.1, 0.15) is 0 Å². The van der Waals surface area contributed by atoms with Crippen LogP contribution in [-0.4, -0.2) is 15.0 Å². The molecule has 0 radical (unpaired) electrons. The van der Waals surface area contributed by atoms with Crippen molar-refractivity contribution in [2.45, 2.75) is 46.5 Å². The molecule has 0 spiro atoms. The van der Waals surface area contributed by atoms with E-state index in [4.69, 9.17) is 9.97 Å². The first-order valence-corrected chi connectivity index (χ1v) is 8.37. The smallest absolute Gasteiger partial charge is 0.160 e. The van der Waals surface area contributed by atoms with Crippen molar-refractivity contribution in [1.82, 2.24) is 15.0 Å². The van der Waals surface area contributed by atoms with Crippen LogP contribution in [0.15, 0.2) is 36.7 Å². The Morgan fingerprint density at radius 1 is 0.913 bits per heavy atom. The summed E-state index contributed by atoms with van der Waals surface area (Å²) in [6.07, 6.45) is 5.65. The molecule has 2 aromatic heterocycles. The highest BCUT2D eigenvalue weighted by atomic mass is 14.9. The summed E-state index contributed by atoms with van der Waals surface area (Å²) in [5, 5.41) is 1.19. The van der Waals surface area contributed by atoms with E-state index in [-0.39, 0.29) is 0 Å². The van der Waals surface area contributed by atoms with Gasteiger partial charge >= 0.3 is 0 Å². The first kappa shape index (κ1) is 15.6. The summed E-state index contributed by atoms with van der Waals surface area (Å²) in [7, 11) is 0. The van der Waals surface area contributed by atoms with Crippen LogP contribution in [-0.2, 0) is 12.8 Å². The van der Waals surface area contributed by atoms with E-state index in [1.54, 1.807) is 12.4 Å². The lowest BCUT2D eigenvalue weighted by atomic mass is 9.96. The normalized spacial score (nSPS) is 11.3. The molecule has 3 rings (SSSR count). The van der Waals surface area contributed by atoms with Crippen LogP contribution < -0.4 is 0 Å². The maximum Gasteiger partial charge on any atom is 0.160 e. The van der Waals surface area contributed by atoms with Crippen molar-refractivity contribution in [3.05, 3.63) is 53.5 Å². The third-order valence-corrected chi connectivity index (χ3v) is 4.29. The summed E-state index contributed by atoms with van der Waals surface area (Å²) >= 11 is 0. The Labute approximate surface area is 137 Å². The standard InChI is InChI=1S/C20H23N3/c1-5-14-11-17-18(12-15(14)6-2)22-20(23-19(17)13(3)4)16-7-9-21-10-8-16/h7-13H,5-6H2,1-4H3. The molecule has 0 aliphatic heterocycles. The lowest BCUT2D eigenvalue weighted by molar-refractivity contribution is 0.830. The lowest BCUT2D eigenvalue weighted by Gasteiger charge is -2.14. The third-order valence-electron chi connectivity index (χ3n) is 4.29. The number of aromatic nitrogens is 3. The lowest BCUT2D eigenvalue weighted by Crippen LogP contribution is -2.02. The molecule has 2 heterocycles. The van der Waals surface area contributed by atoms with Crippen molar-refractivity contribution >= 4 is 10.9 Å². The Morgan fingerprint density at radius 2 is 1.57 bits per heavy atom. The second-order valence-electron chi connectivity index (χ2n) is 6.17. The number of fused-ring (bicyclic) bond motifs is 1. The highest BCUT2D eigenvalue weighted by Gasteiger charge is 2.14. The van der Waals surface area contributed by atoms with Crippen LogP contribution in [0.5, 0.6) is 0 Å². The zero-order valence-electron chi connectivity index (χ0n) is 14.3. The fourth-order valence-electron chi connectivity index (χ4n) is 3.02. The van der Waals surface area contributed by atoms with E-state index in [2.05, 4.69) is 44.8 Å². The van der Waals surface area contributed by atoms with Gasteiger partial charge in [0.15, 0.2) is 5.82 Å². The van der Waals surface area contributed by atoms with Gasteiger partial charge in [0, 0.05) is 23.3 Å². The van der Waals surface area contributed by atoms with E-state index in [0.29, 0.717) is 5.92 Å². The van der Waals surface area contributed by atoms with Crippen LogP contribution >= 0.6 is 0 Å². The van der Waals surface area contributed by atoms with Crippen LogP contribution in [0.25, 0.3) is 22.3 Å². The Bertz CT molecular complexity index is 823. The highest BCUT2D eigenvalue weighted by Crippen LogP contribution is 2.29. The molecular formula is C20H23N3. The molecular weight excluding hydrogens is 282 g/mol. The third kappa shape index (κ3) is 2.96. The molecule has 0 aliphatic carbocycles. The SMILES string of the molecule is CCc1cc2nc(-c3ccncc3)nc(C(C)C)c2cc1CC. The monoisotopic (exact) mass is 305 g/mol. The van der Waals surface area contributed by atoms with Crippen LogP contribution in [0.3, 0.4) is 0 Å². The maximum atomic E-state index is 4.86. The first-order chi connectivity index (χ1) is 11.1. The van der Waals surface area contributed by atoms with Gasteiger partial charge in [0.05, 0.1) is 11.2 Å². The highest BCUT2D eigenvalue weighted by molar-refractivity contribution is 5.85. The van der Waals surface area contributed by atoms with Crippen molar-refractivity contribution < 1.29 is 0 Å². The van der Waals surface area contributed by atoms with Gasteiger partial charge in [-0.05, 0) is 54.2 Å². The van der Waals surface area contributed by atoms with E-state index in [0.717, 1.165) is 35.4 Å². The predicted molar refractivity (Wildman–Crippen MR) is 95.6 cm³/mol. The van der Waals surface area contributed by atoms with E-state index < -0.39 is 0 Å². The summed E-state index contributed by atoms with van der Waals surface area (Å²) in [5.41, 5.74) is 5.97. The molecule has 3 heteroatoms. The number of pyridine rings is 1. The Balaban J connectivity index is 2.30. The Kier molecular flexibility index (Phi) is 4.37. The van der Waals surface area contributed by atoms with E-state index in [9.17, 15) is 0 Å². The van der Waals surface area contributed by atoms with Gasteiger partial charge in [0.2, 0.25) is 0 Å². The Morgan fingerprint density at radius 3 is 2.17 bits per heavy atom. The van der Waals surface area contributed by atoms with Gasteiger partial charge in [-0.25, -0.2) is 9.97 Å². The van der Waals surface area contributed by atoms with Crippen molar-refractivity contribution in [1.29, 1.82) is 0 Å². The van der Waals surface area contributed by atoms with Crippen molar-refractivity contribution in [2.24, 2.45) is 0 Å². The molecule has 118 valence electrons. The van der Waals surface area contributed by atoms with Crippen molar-refractivity contribution in [2.75, 3.05) is 0 Å². The molecule has 0 N–H and O–H groups in total. The van der Waals surface area contributed by atoms with Crippen molar-refractivity contribution in [3.8, 4) is 11.4 Å². The van der Waals surface area contributed by atoms with Crippen LogP contribution in [0.2, 0.25) is 0 Å². The quantitative estimate of drug-likeness (QED) is 0.685. The average Bonchev–Trinajstić information content (AvgIpc) is 2.60. The van der Waals surface area contributed by atoms with Crippen LogP contribution in [0.1, 0.15) is 50.4 Å². The first-order valence-electron chi connectivity index (χ1n) is 8.37. The molecule has 0 saturated heterocycles. The molecule has 1 aromatic carbocycles. The van der Waals surface area contributed by atoms with E-state index >= 15 is 0 Å². The van der Waals surface area contributed by atoms with Gasteiger partial charge in [-0.2, -0.15) is 0 Å². The molecule has 3 aromatic rings. The number of aryl methyl sites for hydroxylation is 2. The second-order valence-corrected chi connectivity index (χ2v) is 6.17. The fourth-order valence-corrected chi connectivity index (χ4v) is 3.02. The van der Waals surface area contributed by atoms with Crippen molar-refractivity contribution in [3.63, 3.8) is 0 Å². The molecule has 0 saturated carbocycles. The topological polar surface area (TPSA) is 38.7 Å².